The van der Waals surface area contributed by atoms with Gasteiger partial charge in [-0.15, -0.1) is 0 Å². The van der Waals surface area contributed by atoms with Crippen LogP contribution in [-0.2, 0) is 4.74 Å². The smallest absolute Gasteiger partial charge is 0.255 e. The number of carbonyl (C=O) groups excluding carboxylic acids is 2. The van der Waals surface area contributed by atoms with Crippen LogP contribution in [0.4, 0.5) is 11.4 Å². The Hall–Kier alpha value is -2.28. The Bertz CT molecular complexity index is 939. The van der Waals surface area contributed by atoms with E-state index in [1.54, 1.807) is 31.4 Å². The van der Waals surface area contributed by atoms with Gasteiger partial charge in [-0.3, -0.25) is 9.59 Å². The van der Waals surface area contributed by atoms with E-state index in [4.69, 9.17) is 27.9 Å². The first-order valence-electron chi connectivity index (χ1n) is 10.8. The highest BCUT2D eigenvalue weighted by atomic mass is 35.5. The monoisotopic (exact) mass is 477 g/mol. The second-order valence-corrected chi connectivity index (χ2v) is 8.99. The highest BCUT2D eigenvalue weighted by Gasteiger charge is 2.22. The summed E-state index contributed by atoms with van der Waals surface area (Å²) in [6.07, 6.45) is 2.90. The Morgan fingerprint density at radius 2 is 1.75 bits per heavy atom. The van der Waals surface area contributed by atoms with E-state index < -0.39 is 0 Å². The van der Waals surface area contributed by atoms with Gasteiger partial charge in [0.05, 0.1) is 5.56 Å². The van der Waals surface area contributed by atoms with Crippen molar-refractivity contribution in [2.75, 3.05) is 43.6 Å². The number of benzene rings is 2. The number of piperidine rings is 1. The number of hydrogen-bond donors (Lipinski definition) is 2. The van der Waals surface area contributed by atoms with Crippen molar-refractivity contribution in [3.63, 3.8) is 0 Å². The molecule has 1 saturated heterocycles. The number of hydrogen-bond acceptors (Lipinski definition) is 4. The van der Waals surface area contributed by atoms with Crippen LogP contribution in [0.15, 0.2) is 36.4 Å². The van der Waals surface area contributed by atoms with Crippen LogP contribution in [0, 0.1) is 5.92 Å². The van der Waals surface area contributed by atoms with Gasteiger partial charge in [0.25, 0.3) is 11.8 Å². The lowest BCUT2D eigenvalue weighted by molar-refractivity contribution is 0.0947. The van der Waals surface area contributed by atoms with Crippen molar-refractivity contribution in [2.45, 2.75) is 26.2 Å². The molecule has 2 aromatic rings. The number of rotatable bonds is 8. The van der Waals surface area contributed by atoms with Crippen molar-refractivity contribution in [1.29, 1.82) is 0 Å². The minimum atomic E-state index is -0.347. The number of amides is 2. The van der Waals surface area contributed by atoms with Gasteiger partial charge in [-0.1, -0.05) is 30.1 Å². The van der Waals surface area contributed by atoms with Crippen molar-refractivity contribution in [3.05, 3.63) is 57.6 Å². The van der Waals surface area contributed by atoms with Gasteiger partial charge in [0, 0.05) is 60.3 Å². The van der Waals surface area contributed by atoms with Gasteiger partial charge < -0.3 is 20.3 Å². The zero-order valence-electron chi connectivity index (χ0n) is 18.4. The zero-order chi connectivity index (χ0) is 23.1. The zero-order valence-corrected chi connectivity index (χ0v) is 19.9. The highest BCUT2D eigenvalue weighted by Crippen LogP contribution is 2.29. The van der Waals surface area contributed by atoms with Gasteiger partial charge in [0.15, 0.2) is 0 Å². The van der Waals surface area contributed by atoms with Crippen LogP contribution in [0.2, 0.25) is 10.0 Å². The maximum Gasteiger partial charge on any atom is 0.255 e. The van der Waals surface area contributed by atoms with Gasteiger partial charge in [0.1, 0.15) is 0 Å². The molecule has 0 saturated carbocycles. The maximum absolute atomic E-state index is 13.0. The van der Waals surface area contributed by atoms with Crippen LogP contribution in [0.1, 0.15) is 46.9 Å². The van der Waals surface area contributed by atoms with Gasteiger partial charge in [-0.2, -0.15) is 0 Å². The van der Waals surface area contributed by atoms with Crippen molar-refractivity contribution in [3.8, 4) is 0 Å². The van der Waals surface area contributed by atoms with E-state index in [-0.39, 0.29) is 11.8 Å². The van der Waals surface area contributed by atoms with E-state index in [2.05, 4.69) is 22.5 Å². The number of nitrogens with zero attached hydrogens (tertiary/aromatic N) is 1. The fourth-order valence-electron chi connectivity index (χ4n) is 3.72. The number of nitrogens with one attached hydrogen (secondary N) is 2. The SMILES string of the molecule is COCCCNC(=O)c1cc(NC(=O)c2cc(Cl)cc(Cl)c2)ccc1N1CCC(C)CC1. The van der Waals surface area contributed by atoms with Crippen LogP contribution in [0.5, 0.6) is 0 Å². The molecule has 0 aromatic heterocycles. The van der Waals surface area contributed by atoms with Crippen molar-refractivity contribution in [1.82, 2.24) is 5.32 Å². The third-order valence-corrected chi connectivity index (χ3v) is 6.00. The number of anilines is 2. The van der Waals surface area contributed by atoms with Crippen molar-refractivity contribution >= 4 is 46.4 Å². The summed E-state index contributed by atoms with van der Waals surface area (Å²) in [7, 11) is 1.64. The molecule has 2 aromatic carbocycles. The molecular weight excluding hydrogens is 449 g/mol. The molecule has 0 bridgehead atoms. The third-order valence-electron chi connectivity index (χ3n) is 5.56. The summed E-state index contributed by atoms with van der Waals surface area (Å²) in [4.78, 5) is 28.0. The van der Waals surface area contributed by atoms with Gasteiger partial charge >= 0.3 is 0 Å². The van der Waals surface area contributed by atoms with E-state index in [1.165, 1.54) is 0 Å². The summed E-state index contributed by atoms with van der Waals surface area (Å²) in [6, 6.07) is 10.1. The number of ether oxygens (including phenoxy) is 1. The Morgan fingerprint density at radius 1 is 1.06 bits per heavy atom. The summed E-state index contributed by atoms with van der Waals surface area (Å²) in [5.41, 5.74) is 2.30. The average molecular weight is 478 g/mol. The normalized spacial score (nSPS) is 14.3. The summed E-state index contributed by atoms with van der Waals surface area (Å²) >= 11 is 12.0. The first-order chi connectivity index (χ1) is 15.4. The molecule has 2 N–H and O–H groups in total. The fraction of sp³-hybridized carbons (Fsp3) is 0.417. The van der Waals surface area contributed by atoms with Crippen LogP contribution >= 0.6 is 23.2 Å². The highest BCUT2D eigenvalue weighted by molar-refractivity contribution is 6.35. The predicted octanol–water partition coefficient (Wildman–Crippen LogP) is 5.25. The average Bonchev–Trinajstić information content (AvgIpc) is 2.76. The number of methoxy groups -OCH3 is 1. The lowest BCUT2D eigenvalue weighted by Gasteiger charge is -2.33. The van der Waals surface area contributed by atoms with Crippen molar-refractivity contribution in [2.24, 2.45) is 5.92 Å². The van der Waals surface area contributed by atoms with Crippen molar-refractivity contribution < 1.29 is 14.3 Å². The molecule has 32 heavy (non-hydrogen) atoms. The molecule has 1 aliphatic rings. The Morgan fingerprint density at radius 3 is 2.41 bits per heavy atom. The molecule has 0 unspecified atom stereocenters. The van der Waals surface area contributed by atoms with Gasteiger partial charge in [0.2, 0.25) is 0 Å². The van der Waals surface area contributed by atoms with E-state index in [0.29, 0.717) is 45.9 Å². The van der Waals surface area contributed by atoms with Gasteiger partial charge in [-0.25, -0.2) is 0 Å². The molecular formula is C24H29Cl2N3O3. The fourth-order valence-corrected chi connectivity index (χ4v) is 4.25. The largest absolute Gasteiger partial charge is 0.385 e. The minimum absolute atomic E-state index is 0.170. The molecule has 6 nitrogen and oxygen atoms in total. The molecule has 0 atom stereocenters. The Kier molecular flexibility index (Phi) is 8.79. The molecule has 1 fully saturated rings. The molecule has 172 valence electrons. The van der Waals surface area contributed by atoms with E-state index in [1.807, 2.05) is 12.1 Å². The minimum Gasteiger partial charge on any atom is -0.385 e. The van der Waals surface area contributed by atoms with Crippen LogP contribution in [0.3, 0.4) is 0 Å². The summed E-state index contributed by atoms with van der Waals surface area (Å²) < 4.78 is 5.05. The Labute approximate surface area is 199 Å². The molecule has 1 heterocycles. The lowest BCUT2D eigenvalue weighted by Crippen LogP contribution is -2.35. The van der Waals surface area contributed by atoms with E-state index in [0.717, 1.165) is 38.0 Å². The molecule has 0 aliphatic carbocycles. The molecule has 0 radical (unpaired) electrons. The summed E-state index contributed by atoms with van der Waals surface area (Å²) in [6.45, 7) is 5.15. The predicted molar refractivity (Wildman–Crippen MR) is 130 cm³/mol. The van der Waals surface area contributed by atoms with Crippen LogP contribution in [-0.4, -0.2) is 45.2 Å². The quantitative estimate of drug-likeness (QED) is 0.509. The molecule has 3 rings (SSSR count). The van der Waals surface area contributed by atoms with Gasteiger partial charge in [-0.05, 0) is 61.6 Å². The Balaban J connectivity index is 1.82. The molecule has 0 spiro atoms. The van der Waals surface area contributed by atoms with E-state index in [9.17, 15) is 9.59 Å². The lowest BCUT2D eigenvalue weighted by atomic mass is 9.97. The summed E-state index contributed by atoms with van der Waals surface area (Å²) in [5, 5.41) is 6.57. The van der Waals surface area contributed by atoms with Crippen LogP contribution in [0.25, 0.3) is 0 Å². The van der Waals surface area contributed by atoms with Crippen LogP contribution < -0.4 is 15.5 Å². The summed E-state index contributed by atoms with van der Waals surface area (Å²) in [5.74, 6) is 0.165. The topological polar surface area (TPSA) is 70.7 Å². The first-order valence-corrected chi connectivity index (χ1v) is 11.6. The molecule has 8 heteroatoms. The molecule has 1 aliphatic heterocycles. The maximum atomic E-state index is 13.0. The standard InChI is InChI=1S/C24H29Cl2N3O3/c1-16-6-9-29(10-7-16)22-5-4-20(15-21(22)24(31)27-8-3-11-32-2)28-23(30)17-12-18(25)14-19(26)13-17/h4-5,12-16H,3,6-11H2,1-2H3,(H,27,31)(H,28,30). The first kappa shape index (κ1) is 24.4. The number of halogens is 2. The van der Waals surface area contributed by atoms with E-state index >= 15 is 0 Å². The molecule has 2 amide bonds. The third kappa shape index (κ3) is 6.61. The number of carbonyl (C=O) groups is 2. The second kappa shape index (κ2) is 11.5. The second-order valence-electron chi connectivity index (χ2n) is 8.12.